The van der Waals surface area contributed by atoms with Gasteiger partial charge in [0, 0.05) is 11.6 Å². The van der Waals surface area contributed by atoms with Crippen LogP contribution in [0.1, 0.15) is 18.4 Å². The zero-order valence-electron chi connectivity index (χ0n) is 8.08. The molecule has 0 aromatic heterocycles. The van der Waals surface area contributed by atoms with Crippen LogP contribution in [0, 0.1) is 12.8 Å². The van der Waals surface area contributed by atoms with Gasteiger partial charge in [0.1, 0.15) is 5.75 Å². The minimum absolute atomic E-state index is 0.0927. The highest BCUT2D eigenvalue weighted by Crippen LogP contribution is 2.30. The van der Waals surface area contributed by atoms with Crippen molar-refractivity contribution >= 4 is 11.6 Å². The van der Waals surface area contributed by atoms with Gasteiger partial charge in [-0.05, 0) is 43.5 Å². The molecule has 14 heavy (non-hydrogen) atoms. The summed E-state index contributed by atoms with van der Waals surface area (Å²) in [6.45, 7) is 1.81. The number of benzene rings is 1. The average Bonchev–Trinajstić information content (AvgIpc) is 2.94. The van der Waals surface area contributed by atoms with Gasteiger partial charge in [-0.3, -0.25) is 4.79 Å². The topological polar surface area (TPSA) is 49.3 Å². The monoisotopic (exact) mass is 191 g/mol. The maximum Gasteiger partial charge on any atom is 0.227 e. The third kappa shape index (κ3) is 1.87. The van der Waals surface area contributed by atoms with E-state index in [-0.39, 0.29) is 17.6 Å². The van der Waals surface area contributed by atoms with Gasteiger partial charge in [-0.15, -0.1) is 0 Å². The van der Waals surface area contributed by atoms with Crippen molar-refractivity contribution < 1.29 is 9.90 Å². The Bertz CT molecular complexity index is 370. The Hall–Kier alpha value is -1.51. The van der Waals surface area contributed by atoms with Crippen molar-refractivity contribution in [2.24, 2.45) is 5.92 Å². The lowest BCUT2D eigenvalue weighted by Crippen LogP contribution is -2.13. The molecule has 3 nitrogen and oxygen atoms in total. The molecule has 74 valence electrons. The van der Waals surface area contributed by atoms with Crippen molar-refractivity contribution in [3.8, 4) is 5.75 Å². The number of amides is 1. The number of hydrogen-bond donors (Lipinski definition) is 2. The molecule has 2 rings (SSSR count). The first-order valence-corrected chi connectivity index (χ1v) is 4.77. The van der Waals surface area contributed by atoms with Crippen LogP contribution < -0.4 is 5.32 Å². The summed E-state index contributed by atoms with van der Waals surface area (Å²) >= 11 is 0. The number of hydrogen-bond acceptors (Lipinski definition) is 2. The summed E-state index contributed by atoms with van der Waals surface area (Å²) in [5.41, 5.74) is 1.54. The fourth-order valence-corrected chi connectivity index (χ4v) is 1.32. The van der Waals surface area contributed by atoms with Crippen LogP contribution in [0.4, 0.5) is 5.69 Å². The van der Waals surface area contributed by atoms with E-state index < -0.39 is 0 Å². The van der Waals surface area contributed by atoms with E-state index in [1.54, 1.807) is 18.2 Å². The quantitative estimate of drug-likeness (QED) is 0.703. The number of carbonyl (C=O) groups excluding carboxylic acids is 1. The molecule has 1 saturated carbocycles. The molecule has 0 unspecified atom stereocenters. The molecule has 0 bridgehead atoms. The Morgan fingerprint density at radius 1 is 1.50 bits per heavy atom. The average molecular weight is 191 g/mol. The first kappa shape index (κ1) is 9.06. The zero-order valence-corrected chi connectivity index (χ0v) is 8.08. The summed E-state index contributed by atoms with van der Waals surface area (Å²) in [5.74, 6) is 0.564. The smallest absolute Gasteiger partial charge is 0.227 e. The molecule has 0 atom stereocenters. The lowest BCUT2D eigenvalue weighted by Gasteiger charge is -2.05. The molecular weight excluding hydrogens is 178 g/mol. The lowest BCUT2D eigenvalue weighted by atomic mass is 10.2. The highest BCUT2D eigenvalue weighted by molar-refractivity contribution is 5.94. The summed E-state index contributed by atoms with van der Waals surface area (Å²) in [5, 5.41) is 12.1. The third-order valence-corrected chi connectivity index (χ3v) is 2.41. The Balaban J connectivity index is 2.08. The van der Waals surface area contributed by atoms with Crippen molar-refractivity contribution in [1.29, 1.82) is 0 Å². The molecule has 1 fully saturated rings. The van der Waals surface area contributed by atoms with Gasteiger partial charge in [-0.2, -0.15) is 0 Å². The van der Waals surface area contributed by atoms with Crippen molar-refractivity contribution in [1.82, 2.24) is 0 Å². The Labute approximate surface area is 82.8 Å². The first-order valence-electron chi connectivity index (χ1n) is 4.77. The molecule has 1 aliphatic rings. The standard InChI is InChI=1S/C11H13NO2/c1-7-6-9(4-5-10(7)13)12-11(14)8-2-3-8/h4-6,8,13H,2-3H2,1H3,(H,12,14). The number of anilines is 1. The Morgan fingerprint density at radius 2 is 2.21 bits per heavy atom. The third-order valence-electron chi connectivity index (χ3n) is 2.41. The van der Waals surface area contributed by atoms with Gasteiger partial charge in [-0.25, -0.2) is 0 Å². The SMILES string of the molecule is Cc1cc(NC(=O)C2CC2)ccc1O. The van der Waals surface area contributed by atoms with Crippen LogP contribution in [0.15, 0.2) is 18.2 Å². The van der Waals surface area contributed by atoms with Crippen molar-refractivity contribution in [2.45, 2.75) is 19.8 Å². The molecule has 3 heteroatoms. The van der Waals surface area contributed by atoms with Gasteiger partial charge < -0.3 is 10.4 Å². The Morgan fingerprint density at radius 3 is 2.79 bits per heavy atom. The fraction of sp³-hybridized carbons (Fsp3) is 0.364. The molecule has 1 aromatic rings. The summed E-state index contributed by atoms with van der Waals surface area (Å²) in [4.78, 5) is 11.4. The maximum absolute atomic E-state index is 11.4. The van der Waals surface area contributed by atoms with Gasteiger partial charge in [-0.1, -0.05) is 0 Å². The highest BCUT2D eigenvalue weighted by atomic mass is 16.3. The van der Waals surface area contributed by atoms with Gasteiger partial charge in [0.2, 0.25) is 5.91 Å². The highest BCUT2D eigenvalue weighted by Gasteiger charge is 2.29. The second-order valence-electron chi connectivity index (χ2n) is 3.76. The maximum atomic E-state index is 11.4. The fourth-order valence-electron chi connectivity index (χ4n) is 1.32. The molecule has 0 saturated heterocycles. The summed E-state index contributed by atoms with van der Waals surface area (Å²) in [6, 6.07) is 5.08. The van der Waals surface area contributed by atoms with Gasteiger partial charge in [0.15, 0.2) is 0 Å². The van der Waals surface area contributed by atoms with Gasteiger partial charge >= 0.3 is 0 Å². The van der Waals surface area contributed by atoms with E-state index in [1.165, 1.54) is 0 Å². The minimum atomic E-state index is 0.0927. The number of aromatic hydroxyl groups is 1. The Kier molecular flexibility index (Phi) is 2.15. The number of carbonyl (C=O) groups is 1. The number of phenols is 1. The molecule has 0 radical (unpaired) electrons. The molecule has 2 N–H and O–H groups in total. The number of phenolic OH excluding ortho intramolecular Hbond substituents is 1. The predicted octanol–water partition coefficient (Wildman–Crippen LogP) is 2.05. The molecule has 0 aliphatic heterocycles. The van der Waals surface area contributed by atoms with Crippen LogP contribution in [0.25, 0.3) is 0 Å². The molecule has 1 aliphatic carbocycles. The van der Waals surface area contributed by atoms with E-state index in [9.17, 15) is 9.90 Å². The molecular formula is C11H13NO2. The van der Waals surface area contributed by atoms with E-state index in [4.69, 9.17) is 0 Å². The normalized spacial score (nSPS) is 15.2. The predicted molar refractivity (Wildman–Crippen MR) is 54.2 cm³/mol. The van der Waals surface area contributed by atoms with E-state index in [0.717, 1.165) is 24.1 Å². The van der Waals surface area contributed by atoms with Crippen molar-refractivity contribution in [3.63, 3.8) is 0 Å². The van der Waals surface area contributed by atoms with Crippen LogP contribution in [0.3, 0.4) is 0 Å². The van der Waals surface area contributed by atoms with E-state index >= 15 is 0 Å². The van der Waals surface area contributed by atoms with E-state index in [2.05, 4.69) is 5.32 Å². The molecule has 0 heterocycles. The summed E-state index contributed by atoms with van der Waals surface area (Å²) in [6.07, 6.45) is 2.01. The number of aryl methyl sites for hydroxylation is 1. The molecule has 1 aromatic carbocycles. The first-order chi connectivity index (χ1) is 6.66. The second kappa shape index (κ2) is 3.33. The van der Waals surface area contributed by atoms with Crippen LogP contribution >= 0.6 is 0 Å². The van der Waals surface area contributed by atoms with Crippen LogP contribution in [-0.2, 0) is 4.79 Å². The second-order valence-corrected chi connectivity index (χ2v) is 3.76. The van der Waals surface area contributed by atoms with Gasteiger partial charge in [0.25, 0.3) is 0 Å². The van der Waals surface area contributed by atoms with Crippen LogP contribution in [-0.4, -0.2) is 11.0 Å². The van der Waals surface area contributed by atoms with E-state index in [0.29, 0.717) is 0 Å². The molecule has 0 spiro atoms. The van der Waals surface area contributed by atoms with Gasteiger partial charge in [0.05, 0.1) is 0 Å². The lowest BCUT2D eigenvalue weighted by molar-refractivity contribution is -0.117. The van der Waals surface area contributed by atoms with Crippen molar-refractivity contribution in [2.75, 3.05) is 5.32 Å². The summed E-state index contributed by atoms with van der Waals surface area (Å²) < 4.78 is 0. The van der Waals surface area contributed by atoms with E-state index in [1.807, 2.05) is 6.92 Å². The van der Waals surface area contributed by atoms with Crippen molar-refractivity contribution in [3.05, 3.63) is 23.8 Å². The van der Waals surface area contributed by atoms with Crippen LogP contribution in [0.5, 0.6) is 5.75 Å². The summed E-state index contributed by atoms with van der Waals surface area (Å²) in [7, 11) is 0. The minimum Gasteiger partial charge on any atom is -0.508 e. The zero-order chi connectivity index (χ0) is 10.1. The number of nitrogens with one attached hydrogen (secondary N) is 1. The number of rotatable bonds is 2. The largest absolute Gasteiger partial charge is 0.508 e. The molecule has 1 amide bonds. The van der Waals surface area contributed by atoms with Crippen LogP contribution in [0.2, 0.25) is 0 Å².